The van der Waals surface area contributed by atoms with Gasteiger partial charge in [0.25, 0.3) is 0 Å². The molecule has 2 heterocycles. The highest BCUT2D eigenvalue weighted by Gasteiger charge is 2.40. The van der Waals surface area contributed by atoms with E-state index in [0.717, 1.165) is 37.2 Å². The van der Waals surface area contributed by atoms with Crippen LogP contribution in [-0.4, -0.2) is 48.5 Å². The van der Waals surface area contributed by atoms with Crippen molar-refractivity contribution >= 4 is 0 Å². The molecule has 0 aromatic heterocycles. The topological polar surface area (TPSA) is 41.9 Å². The van der Waals surface area contributed by atoms with E-state index in [1.54, 1.807) is 7.11 Å². The molecule has 1 aliphatic carbocycles. The molecule has 3 aliphatic rings. The second-order valence-electron chi connectivity index (χ2n) is 6.53. The molecule has 4 rings (SSSR count). The minimum Gasteiger partial charge on any atom is -0.497 e. The first-order valence-electron chi connectivity index (χ1n) is 7.99. The number of ether oxygens (including phenoxy) is 2. The van der Waals surface area contributed by atoms with E-state index in [4.69, 9.17) is 9.47 Å². The molecule has 0 saturated carbocycles. The summed E-state index contributed by atoms with van der Waals surface area (Å²) in [7, 11) is 1.69. The van der Waals surface area contributed by atoms with Gasteiger partial charge in [-0.15, -0.1) is 0 Å². The van der Waals surface area contributed by atoms with Gasteiger partial charge in [0.05, 0.1) is 25.4 Å². The molecule has 1 aromatic carbocycles. The van der Waals surface area contributed by atoms with Crippen LogP contribution in [0.25, 0.3) is 0 Å². The lowest BCUT2D eigenvalue weighted by Gasteiger charge is -2.42. The first-order valence-corrected chi connectivity index (χ1v) is 7.99. The van der Waals surface area contributed by atoms with Crippen molar-refractivity contribution in [3.8, 4) is 5.75 Å². The molecule has 4 atom stereocenters. The van der Waals surface area contributed by atoms with E-state index < -0.39 is 6.10 Å². The lowest BCUT2D eigenvalue weighted by molar-refractivity contribution is -0.0768. The molecule has 2 bridgehead atoms. The lowest BCUT2D eigenvalue weighted by atomic mass is 9.84. The Hall–Kier alpha value is -1.10. The first-order chi connectivity index (χ1) is 10.2. The molecule has 1 aromatic rings. The normalized spacial score (nSPS) is 35.5. The zero-order valence-electron chi connectivity index (χ0n) is 12.5. The molecular weight excluding hydrogens is 266 g/mol. The van der Waals surface area contributed by atoms with Crippen molar-refractivity contribution in [2.24, 2.45) is 0 Å². The van der Waals surface area contributed by atoms with Crippen LogP contribution in [0.15, 0.2) is 18.2 Å². The number of aryl methyl sites for hydroxylation is 1. The Morgan fingerprint density at radius 3 is 2.67 bits per heavy atom. The Morgan fingerprint density at radius 1 is 1.19 bits per heavy atom. The first kappa shape index (κ1) is 13.6. The molecule has 0 radical (unpaired) electrons. The van der Waals surface area contributed by atoms with Crippen LogP contribution >= 0.6 is 0 Å². The molecule has 4 unspecified atom stereocenters. The molecule has 4 nitrogen and oxygen atoms in total. The number of hydrogen-bond acceptors (Lipinski definition) is 4. The van der Waals surface area contributed by atoms with Crippen LogP contribution in [0.5, 0.6) is 5.75 Å². The molecule has 0 spiro atoms. The largest absolute Gasteiger partial charge is 0.497 e. The maximum atomic E-state index is 10.8. The van der Waals surface area contributed by atoms with Gasteiger partial charge in [0, 0.05) is 19.1 Å². The van der Waals surface area contributed by atoms with Crippen molar-refractivity contribution in [1.29, 1.82) is 0 Å². The number of nitrogens with zero attached hydrogens (tertiary/aromatic N) is 1. The Kier molecular flexibility index (Phi) is 3.40. The Balaban J connectivity index is 1.55. The van der Waals surface area contributed by atoms with Crippen LogP contribution in [0.1, 0.15) is 36.5 Å². The number of benzene rings is 1. The molecule has 1 N–H and O–H groups in total. The second kappa shape index (κ2) is 5.27. The molecule has 21 heavy (non-hydrogen) atoms. The molecular formula is C17H23NO3. The third-order valence-electron chi connectivity index (χ3n) is 5.28. The third kappa shape index (κ3) is 2.35. The summed E-state index contributed by atoms with van der Waals surface area (Å²) in [5.74, 6) is 0.879. The van der Waals surface area contributed by atoms with Gasteiger partial charge in [0.1, 0.15) is 5.75 Å². The fourth-order valence-corrected chi connectivity index (χ4v) is 4.18. The van der Waals surface area contributed by atoms with E-state index in [1.165, 1.54) is 18.4 Å². The van der Waals surface area contributed by atoms with Crippen LogP contribution in [0, 0.1) is 0 Å². The van der Waals surface area contributed by atoms with Gasteiger partial charge in [-0.05, 0) is 48.9 Å². The average molecular weight is 289 g/mol. The predicted octanol–water partition coefficient (Wildman–Crippen LogP) is 1.91. The standard InChI is InChI=1S/C17H23NO3/c1-20-12-5-6-15-11(8-12)2-7-16(17(15)19)18-9-13-3-4-14(10-18)21-13/h5-6,8,13-14,16-17,19H,2-4,7,9-10H2,1H3. The van der Waals surface area contributed by atoms with Crippen molar-refractivity contribution in [2.75, 3.05) is 20.2 Å². The smallest absolute Gasteiger partial charge is 0.119 e. The minimum absolute atomic E-state index is 0.234. The fraction of sp³-hybridized carbons (Fsp3) is 0.647. The van der Waals surface area contributed by atoms with Gasteiger partial charge in [-0.3, -0.25) is 4.90 Å². The van der Waals surface area contributed by atoms with Crippen LogP contribution in [-0.2, 0) is 11.2 Å². The van der Waals surface area contributed by atoms with E-state index in [2.05, 4.69) is 11.0 Å². The monoisotopic (exact) mass is 289 g/mol. The number of hydrogen-bond donors (Lipinski definition) is 1. The average Bonchev–Trinajstić information content (AvgIpc) is 2.85. The van der Waals surface area contributed by atoms with Crippen molar-refractivity contribution in [1.82, 2.24) is 4.90 Å². The molecule has 2 fully saturated rings. The second-order valence-corrected chi connectivity index (χ2v) is 6.53. The molecule has 114 valence electrons. The zero-order valence-corrected chi connectivity index (χ0v) is 12.5. The Labute approximate surface area is 125 Å². The van der Waals surface area contributed by atoms with Gasteiger partial charge in [-0.1, -0.05) is 6.07 Å². The summed E-state index contributed by atoms with van der Waals surface area (Å²) in [5.41, 5.74) is 2.31. The van der Waals surface area contributed by atoms with Gasteiger partial charge in [-0.2, -0.15) is 0 Å². The Bertz CT molecular complexity index is 521. The maximum Gasteiger partial charge on any atom is 0.119 e. The highest BCUT2D eigenvalue weighted by Crippen LogP contribution is 2.37. The van der Waals surface area contributed by atoms with Gasteiger partial charge in [0.15, 0.2) is 0 Å². The number of fused-ring (bicyclic) bond motifs is 3. The quantitative estimate of drug-likeness (QED) is 0.903. The van der Waals surface area contributed by atoms with Gasteiger partial charge >= 0.3 is 0 Å². The van der Waals surface area contributed by atoms with Crippen LogP contribution in [0.2, 0.25) is 0 Å². The number of morpholine rings is 1. The number of aliphatic hydroxyl groups excluding tert-OH is 1. The lowest BCUT2D eigenvalue weighted by Crippen LogP contribution is -2.51. The van der Waals surface area contributed by atoms with E-state index in [1.807, 2.05) is 12.1 Å². The molecule has 2 saturated heterocycles. The Morgan fingerprint density at radius 2 is 1.95 bits per heavy atom. The summed E-state index contributed by atoms with van der Waals surface area (Å²) in [6.07, 6.45) is 4.76. The number of likely N-dealkylation sites (tertiary alicyclic amines) is 1. The van der Waals surface area contributed by atoms with Crippen LogP contribution in [0.4, 0.5) is 0 Å². The van der Waals surface area contributed by atoms with E-state index >= 15 is 0 Å². The van der Waals surface area contributed by atoms with Gasteiger partial charge in [-0.25, -0.2) is 0 Å². The van der Waals surface area contributed by atoms with Gasteiger partial charge < -0.3 is 14.6 Å². The summed E-state index contributed by atoms with van der Waals surface area (Å²) < 4.78 is 11.2. The number of rotatable bonds is 2. The summed E-state index contributed by atoms with van der Waals surface area (Å²) in [6, 6.07) is 6.28. The highest BCUT2D eigenvalue weighted by atomic mass is 16.5. The molecule has 2 aliphatic heterocycles. The number of methoxy groups -OCH3 is 1. The summed E-state index contributed by atoms with van der Waals surface area (Å²) in [5, 5.41) is 10.8. The minimum atomic E-state index is -0.392. The SMILES string of the molecule is COc1ccc2c(c1)CCC(N1CC3CCC(C1)O3)C2O. The predicted molar refractivity (Wildman–Crippen MR) is 79.5 cm³/mol. The molecule has 0 amide bonds. The third-order valence-corrected chi connectivity index (χ3v) is 5.28. The van der Waals surface area contributed by atoms with Crippen molar-refractivity contribution < 1.29 is 14.6 Å². The maximum absolute atomic E-state index is 10.8. The summed E-state index contributed by atoms with van der Waals surface area (Å²) in [6.45, 7) is 1.95. The summed E-state index contributed by atoms with van der Waals surface area (Å²) >= 11 is 0. The highest BCUT2D eigenvalue weighted by molar-refractivity contribution is 5.39. The zero-order chi connectivity index (χ0) is 14.4. The summed E-state index contributed by atoms with van der Waals surface area (Å²) in [4.78, 5) is 2.46. The van der Waals surface area contributed by atoms with Crippen LogP contribution < -0.4 is 4.74 Å². The van der Waals surface area contributed by atoms with Gasteiger partial charge in [0.2, 0.25) is 0 Å². The van der Waals surface area contributed by atoms with E-state index in [0.29, 0.717) is 12.2 Å². The van der Waals surface area contributed by atoms with Crippen LogP contribution in [0.3, 0.4) is 0 Å². The number of aliphatic hydroxyl groups is 1. The fourth-order valence-electron chi connectivity index (χ4n) is 4.18. The van der Waals surface area contributed by atoms with Crippen molar-refractivity contribution in [2.45, 2.75) is 50.0 Å². The van der Waals surface area contributed by atoms with E-state index in [-0.39, 0.29) is 6.04 Å². The van der Waals surface area contributed by atoms with Crippen molar-refractivity contribution in [3.63, 3.8) is 0 Å². The van der Waals surface area contributed by atoms with Crippen molar-refractivity contribution in [3.05, 3.63) is 29.3 Å². The van der Waals surface area contributed by atoms with E-state index in [9.17, 15) is 5.11 Å². The molecule has 4 heteroatoms.